The molecule has 3 rings (SSSR count). The summed E-state index contributed by atoms with van der Waals surface area (Å²) < 4.78 is 0. The second-order valence-corrected chi connectivity index (χ2v) is 5.18. The molecule has 0 spiro atoms. The lowest BCUT2D eigenvalue weighted by molar-refractivity contribution is 0.240. The van der Waals surface area contributed by atoms with Crippen LogP contribution in [0.2, 0.25) is 0 Å². The van der Waals surface area contributed by atoms with Gasteiger partial charge in [-0.05, 0) is 29.7 Å². The van der Waals surface area contributed by atoms with Gasteiger partial charge >= 0.3 is 0 Å². The smallest absolute Gasteiger partial charge is 0.0433 e. The van der Waals surface area contributed by atoms with E-state index in [1.54, 1.807) is 0 Å². The van der Waals surface area contributed by atoms with Gasteiger partial charge in [0.15, 0.2) is 0 Å². The van der Waals surface area contributed by atoms with E-state index in [9.17, 15) is 0 Å². The molecule has 16 heavy (non-hydrogen) atoms. The van der Waals surface area contributed by atoms with E-state index in [0.717, 1.165) is 30.7 Å². The largest absolute Gasteiger partial charge is 0.396 e. The molecule has 2 aliphatic rings. The summed E-state index contributed by atoms with van der Waals surface area (Å²) in [5, 5.41) is 8.92. The standard InChI is InChI=1S/C14H19NO/c16-7-6-12-13-9-15(10-14(12)13)8-11-4-2-1-3-5-11/h1-5,12-14,16H,6-10H2. The molecule has 1 N–H and O–H groups in total. The molecule has 0 radical (unpaired) electrons. The number of fused-ring (bicyclic) bond motifs is 1. The highest BCUT2D eigenvalue weighted by Crippen LogP contribution is 2.53. The zero-order valence-corrected chi connectivity index (χ0v) is 9.55. The molecule has 2 fully saturated rings. The highest BCUT2D eigenvalue weighted by atomic mass is 16.3. The van der Waals surface area contributed by atoms with Gasteiger partial charge in [-0.3, -0.25) is 4.90 Å². The zero-order valence-electron chi connectivity index (χ0n) is 9.55. The summed E-state index contributed by atoms with van der Waals surface area (Å²) in [5.41, 5.74) is 1.42. The quantitative estimate of drug-likeness (QED) is 0.830. The molecule has 1 saturated heterocycles. The van der Waals surface area contributed by atoms with Crippen molar-refractivity contribution in [3.05, 3.63) is 35.9 Å². The summed E-state index contributed by atoms with van der Waals surface area (Å²) in [6.07, 6.45) is 1.02. The first kappa shape index (κ1) is 10.3. The van der Waals surface area contributed by atoms with Crippen LogP contribution in [-0.4, -0.2) is 29.7 Å². The average molecular weight is 217 g/mol. The lowest BCUT2D eigenvalue weighted by Gasteiger charge is -2.19. The number of rotatable bonds is 4. The van der Waals surface area contributed by atoms with Gasteiger partial charge in [-0.15, -0.1) is 0 Å². The summed E-state index contributed by atoms with van der Waals surface area (Å²) in [7, 11) is 0. The molecule has 2 atom stereocenters. The maximum absolute atomic E-state index is 8.92. The predicted molar refractivity (Wildman–Crippen MR) is 63.9 cm³/mol. The topological polar surface area (TPSA) is 23.5 Å². The Balaban J connectivity index is 1.51. The van der Waals surface area contributed by atoms with Crippen LogP contribution in [0.5, 0.6) is 0 Å². The zero-order chi connectivity index (χ0) is 11.0. The lowest BCUT2D eigenvalue weighted by Crippen LogP contribution is -2.24. The minimum atomic E-state index is 0.371. The highest BCUT2D eigenvalue weighted by Gasteiger charge is 2.54. The number of aliphatic hydroxyl groups is 1. The first-order valence-electron chi connectivity index (χ1n) is 6.25. The summed E-state index contributed by atoms with van der Waals surface area (Å²) in [6.45, 7) is 3.95. The molecule has 86 valence electrons. The van der Waals surface area contributed by atoms with E-state index < -0.39 is 0 Å². The summed E-state index contributed by atoms with van der Waals surface area (Å²) >= 11 is 0. The molecule has 2 heteroatoms. The Labute approximate surface area is 96.9 Å². The van der Waals surface area contributed by atoms with Gasteiger partial charge in [0.25, 0.3) is 0 Å². The normalized spacial score (nSPS) is 32.7. The minimum Gasteiger partial charge on any atom is -0.396 e. The monoisotopic (exact) mass is 217 g/mol. The number of hydrogen-bond donors (Lipinski definition) is 1. The molecule has 2 unspecified atom stereocenters. The molecule has 1 heterocycles. The lowest BCUT2D eigenvalue weighted by atomic mass is 10.1. The van der Waals surface area contributed by atoms with Crippen LogP contribution in [0.1, 0.15) is 12.0 Å². The SMILES string of the molecule is OCCC1C2CN(Cc3ccccc3)CC12. The highest BCUT2D eigenvalue weighted by molar-refractivity contribution is 5.15. The Morgan fingerprint density at radius 3 is 2.44 bits per heavy atom. The third-order valence-corrected chi connectivity index (χ3v) is 4.16. The fourth-order valence-corrected chi connectivity index (χ4v) is 3.28. The van der Waals surface area contributed by atoms with Gasteiger partial charge in [-0.2, -0.15) is 0 Å². The van der Waals surface area contributed by atoms with Crippen molar-refractivity contribution in [1.29, 1.82) is 0 Å². The van der Waals surface area contributed by atoms with E-state index in [-0.39, 0.29) is 0 Å². The van der Waals surface area contributed by atoms with Gasteiger partial charge < -0.3 is 5.11 Å². The summed E-state index contributed by atoms with van der Waals surface area (Å²) in [5.74, 6) is 2.60. The van der Waals surface area contributed by atoms with Crippen molar-refractivity contribution in [3.8, 4) is 0 Å². The number of likely N-dealkylation sites (tertiary alicyclic amines) is 1. The van der Waals surface area contributed by atoms with Crippen LogP contribution in [0, 0.1) is 17.8 Å². The Morgan fingerprint density at radius 2 is 1.81 bits per heavy atom. The molecule has 1 aromatic rings. The number of piperidine rings is 1. The fourth-order valence-electron chi connectivity index (χ4n) is 3.28. The van der Waals surface area contributed by atoms with Gasteiger partial charge in [-0.25, -0.2) is 0 Å². The van der Waals surface area contributed by atoms with E-state index in [4.69, 9.17) is 5.11 Å². The van der Waals surface area contributed by atoms with E-state index in [2.05, 4.69) is 35.2 Å². The van der Waals surface area contributed by atoms with E-state index in [1.165, 1.54) is 18.7 Å². The van der Waals surface area contributed by atoms with Gasteiger partial charge in [0, 0.05) is 26.2 Å². The van der Waals surface area contributed by atoms with E-state index in [1.807, 2.05) is 0 Å². The summed E-state index contributed by atoms with van der Waals surface area (Å²) in [4.78, 5) is 2.55. The molecular weight excluding hydrogens is 198 g/mol. The van der Waals surface area contributed by atoms with Crippen LogP contribution in [0.3, 0.4) is 0 Å². The third-order valence-electron chi connectivity index (χ3n) is 4.16. The van der Waals surface area contributed by atoms with Gasteiger partial charge in [0.2, 0.25) is 0 Å². The molecule has 1 aliphatic heterocycles. The Kier molecular flexibility index (Phi) is 2.70. The summed E-state index contributed by atoms with van der Waals surface area (Å²) in [6, 6.07) is 10.7. The molecule has 2 nitrogen and oxygen atoms in total. The van der Waals surface area contributed by atoms with Crippen LogP contribution < -0.4 is 0 Å². The maximum atomic E-state index is 8.92. The van der Waals surface area contributed by atoms with Gasteiger partial charge in [0.05, 0.1) is 0 Å². The van der Waals surface area contributed by atoms with Gasteiger partial charge in [-0.1, -0.05) is 30.3 Å². The maximum Gasteiger partial charge on any atom is 0.0433 e. The van der Waals surface area contributed by atoms with Crippen molar-refractivity contribution in [2.75, 3.05) is 19.7 Å². The number of nitrogens with zero attached hydrogens (tertiary/aromatic N) is 1. The first-order valence-corrected chi connectivity index (χ1v) is 6.25. The van der Waals surface area contributed by atoms with Crippen molar-refractivity contribution in [2.24, 2.45) is 17.8 Å². The minimum absolute atomic E-state index is 0.371. The predicted octanol–water partition coefficient (Wildman–Crippen LogP) is 1.75. The van der Waals surface area contributed by atoms with Crippen molar-refractivity contribution < 1.29 is 5.11 Å². The average Bonchev–Trinajstić information content (AvgIpc) is 2.76. The number of aliphatic hydroxyl groups excluding tert-OH is 1. The number of hydrogen-bond acceptors (Lipinski definition) is 2. The van der Waals surface area contributed by atoms with Crippen LogP contribution in [0.15, 0.2) is 30.3 Å². The molecular formula is C14H19NO. The molecule has 1 aliphatic carbocycles. The fraction of sp³-hybridized carbons (Fsp3) is 0.571. The van der Waals surface area contributed by atoms with Crippen molar-refractivity contribution in [1.82, 2.24) is 4.90 Å². The van der Waals surface area contributed by atoms with Crippen molar-refractivity contribution in [2.45, 2.75) is 13.0 Å². The van der Waals surface area contributed by atoms with E-state index in [0.29, 0.717) is 6.61 Å². The van der Waals surface area contributed by atoms with Crippen LogP contribution in [0.25, 0.3) is 0 Å². The molecule has 0 aromatic heterocycles. The first-order chi connectivity index (χ1) is 7.88. The second kappa shape index (κ2) is 4.19. The molecule has 0 amide bonds. The molecule has 1 aromatic carbocycles. The van der Waals surface area contributed by atoms with Crippen LogP contribution in [0.4, 0.5) is 0 Å². The Bertz CT molecular complexity index is 339. The van der Waals surface area contributed by atoms with E-state index >= 15 is 0 Å². The number of benzene rings is 1. The van der Waals surface area contributed by atoms with Gasteiger partial charge in [0.1, 0.15) is 0 Å². The Hall–Kier alpha value is -0.860. The van der Waals surface area contributed by atoms with Crippen LogP contribution in [-0.2, 0) is 6.54 Å². The van der Waals surface area contributed by atoms with Crippen molar-refractivity contribution in [3.63, 3.8) is 0 Å². The Morgan fingerprint density at radius 1 is 1.12 bits per heavy atom. The van der Waals surface area contributed by atoms with Crippen LogP contribution >= 0.6 is 0 Å². The second-order valence-electron chi connectivity index (χ2n) is 5.18. The molecule has 0 bridgehead atoms. The third kappa shape index (κ3) is 1.87. The van der Waals surface area contributed by atoms with Crippen molar-refractivity contribution >= 4 is 0 Å². The molecule has 1 saturated carbocycles.